The van der Waals surface area contributed by atoms with Gasteiger partial charge in [-0.1, -0.05) is 29.8 Å². The summed E-state index contributed by atoms with van der Waals surface area (Å²) >= 11 is 1.62. The minimum absolute atomic E-state index is 0.0996. The Balaban J connectivity index is 1.41. The summed E-state index contributed by atoms with van der Waals surface area (Å²) < 4.78 is 2.01. The summed E-state index contributed by atoms with van der Waals surface area (Å²) in [6, 6.07) is 8.30. The van der Waals surface area contributed by atoms with E-state index in [1.165, 1.54) is 11.1 Å². The summed E-state index contributed by atoms with van der Waals surface area (Å²) in [5, 5.41) is 4.98. The van der Waals surface area contributed by atoms with Gasteiger partial charge in [0.25, 0.3) is 0 Å². The van der Waals surface area contributed by atoms with Crippen LogP contribution in [-0.4, -0.2) is 21.8 Å². The van der Waals surface area contributed by atoms with Crippen molar-refractivity contribution in [2.24, 2.45) is 0 Å². The molecule has 0 saturated carbocycles. The Bertz CT molecular complexity index is 746. The van der Waals surface area contributed by atoms with Crippen molar-refractivity contribution >= 4 is 22.2 Å². The molecule has 0 aliphatic rings. The fourth-order valence-electron chi connectivity index (χ4n) is 2.44. The Morgan fingerprint density at radius 1 is 1.36 bits per heavy atom. The third-order valence-corrected chi connectivity index (χ3v) is 4.34. The van der Waals surface area contributed by atoms with Crippen molar-refractivity contribution in [3.8, 4) is 0 Å². The molecule has 22 heavy (non-hydrogen) atoms. The number of rotatable bonds is 6. The molecule has 0 spiro atoms. The molecule has 3 aromatic rings. The van der Waals surface area contributed by atoms with Gasteiger partial charge in [0.15, 0.2) is 4.96 Å². The Morgan fingerprint density at radius 3 is 3.09 bits per heavy atom. The van der Waals surface area contributed by atoms with E-state index in [0.29, 0.717) is 13.0 Å². The quantitative estimate of drug-likeness (QED) is 0.760. The van der Waals surface area contributed by atoms with E-state index in [9.17, 15) is 4.79 Å². The molecule has 2 heterocycles. The number of thiazole rings is 1. The van der Waals surface area contributed by atoms with Crippen LogP contribution < -0.4 is 5.32 Å². The van der Waals surface area contributed by atoms with E-state index in [4.69, 9.17) is 0 Å². The van der Waals surface area contributed by atoms with Crippen molar-refractivity contribution in [2.75, 3.05) is 6.54 Å². The predicted molar refractivity (Wildman–Crippen MR) is 89.3 cm³/mol. The number of carbonyl (C=O) groups excluding carboxylic acids is 1. The fraction of sp³-hybridized carbons (Fsp3) is 0.294. The van der Waals surface area contributed by atoms with Gasteiger partial charge in [-0.2, -0.15) is 0 Å². The Morgan fingerprint density at radius 2 is 2.27 bits per heavy atom. The van der Waals surface area contributed by atoms with Crippen LogP contribution in [0.2, 0.25) is 0 Å². The second kappa shape index (κ2) is 6.75. The van der Waals surface area contributed by atoms with Crippen LogP contribution in [0, 0.1) is 6.92 Å². The Labute approximate surface area is 133 Å². The Kier molecular flexibility index (Phi) is 4.53. The molecule has 0 bridgehead atoms. The number of hydrogen-bond acceptors (Lipinski definition) is 3. The van der Waals surface area contributed by atoms with Crippen LogP contribution in [-0.2, 0) is 17.6 Å². The second-order valence-electron chi connectivity index (χ2n) is 5.41. The van der Waals surface area contributed by atoms with Crippen LogP contribution in [0.3, 0.4) is 0 Å². The van der Waals surface area contributed by atoms with Gasteiger partial charge >= 0.3 is 0 Å². The van der Waals surface area contributed by atoms with Gasteiger partial charge in [0.2, 0.25) is 5.91 Å². The number of aryl methyl sites for hydroxylation is 2. The topological polar surface area (TPSA) is 46.4 Å². The lowest BCUT2D eigenvalue weighted by atomic mass is 10.1. The lowest BCUT2D eigenvalue weighted by molar-refractivity contribution is -0.121. The molecule has 2 aromatic heterocycles. The summed E-state index contributed by atoms with van der Waals surface area (Å²) in [6.07, 6.45) is 6.10. The monoisotopic (exact) mass is 313 g/mol. The standard InChI is InChI=1S/C17H19N3OS/c1-13-3-2-4-14(11-13)5-6-16(21)18-8-7-15-12-20-9-10-22-17(20)19-15/h2-4,9-12H,5-8H2,1H3,(H,18,21). The number of nitrogens with zero attached hydrogens (tertiary/aromatic N) is 2. The number of fused-ring (bicyclic) bond motifs is 1. The number of hydrogen-bond donors (Lipinski definition) is 1. The highest BCUT2D eigenvalue weighted by atomic mass is 32.1. The lowest BCUT2D eigenvalue weighted by Crippen LogP contribution is -2.25. The highest BCUT2D eigenvalue weighted by molar-refractivity contribution is 7.15. The summed E-state index contributed by atoms with van der Waals surface area (Å²) in [6.45, 7) is 2.71. The van der Waals surface area contributed by atoms with Gasteiger partial charge in [0, 0.05) is 37.2 Å². The number of benzene rings is 1. The Hall–Kier alpha value is -2.14. The molecule has 4 nitrogen and oxygen atoms in total. The summed E-state index contributed by atoms with van der Waals surface area (Å²) in [5.41, 5.74) is 3.47. The van der Waals surface area contributed by atoms with E-state index in [1.54, 1.807) is 11.3 Å². The van der Waals surface area contributed by atoms with Crippen LogP contribution in [0.4, 0.5) is 0 Å². The average Bonchev–Trinajstić information content (AvgIpc) is 3.06. The molecular formula is C17H19N3OS. The van der Waals surface area contributed by atoms with E-state index in [0.717, 1.165) is 23.5 Å². The lowest BCUT2D eigenvalue weighted by Gasteiger charge is -2.05. The first-order chi connectivity index (χ1) is 10.7. The minimum Gasteiger partial charge on any atom is -0.356 e. The summed E-state index contributed by atoms with van der Waals surface area (Å²) in [5.74, 6) is 0.0996. The molecule has 1 aromatic carbocycles. The molecule has 1 amide bonds. The first-order valence-corrected chi connectivity index (χ1v) is 8.32. The first-order valence-electron chi connectivity index (χ1n) is 7.44. The summed E-state index contributed by atoms with van der Waals surface area (Å²) in [7, 11) is 0. The molecule has 0 aliphatic carbocycles. The molecule has 0 atom stereocenters. The highest BCUT2D eigenvalue weighted by Gasteiger charge is 2.05. The van der Waals surface area contributed by atoms with Crippen LogP contribution in [0.1, 0.15) is 23.2 Å². The number of imidazole rings is 1. The number of aromatic nitrogens is 2. The average molecular weight is 313 g/mol. The number of amides is 1. The molecule has 0 unspecified atom stereocenters. The van der Waals surface area contributed by atoms with Crippen LogP contribution >= 0.6 is 11.3 Å². The third kappa shape index (κ3) is 3.74. The largest absolute Gasteiger partial charge is 0.356 e. The second-order valence-corrected chi connectivity index (χ2v) is 6.29. The van der Waals surface area contributed by atoms with Gasteiger partial charge in [0.1, 0.15) is 0 Å². The first kappa shape index (κ1) is 14.8. The maximum absolute atomic E-state index is 11.9. The van der Waals surface area contributed by atoms with Gasteiger partial charge in [-0.25, -0.2) is 4.98 Å². The van der Waals surface area contributed by atoms with E-state index in [2.05, 4.69) is 35.4 Å². The molecule has 5 heteroatoms. The molecule has 0 aliphatic heterocycles. The van der Waals surface area contributed by atoms with Gasteiger partial charge < -0.3 is 5.32 Å². The fourth-order valence-corrected chi connectivity index (χ4v) is 3.16. The number of carbonyl (C=O) groups is 1. The normalized spacial score (nSPS) is 11.0. The number of nitrogens with one attached hydrogen (secondary N) is 1. The highest BCUT2D eigenvalue weighted by Crippen LogP contribution is 2.11. The molecule has 0 saturated heterocycles. The van der Waals surface area contributed by atoms with Crippen LogP contribution in [0.15, 0.2) is 42.0 Å². The van der Waals surface area contributed by atoms with Crippen molar-refractivity contribution in [1.29, 1.82) is 0 Å². The van der Waals surface area contributed by atoms with Crippen molar-refractivity contribution in [1.82, 2.24) is 14.7 Å². The van der Waals surface area contributed by atoms with Crippen molar-refractivity contribution in [3.05, 3.63) is 58.9 Å². The maximum Gasteiger partial charge on any atom is 0.220 e. The van der Waals surface area contributed by atoms with E-state index >= 15 is 0 Å². The predicted octanol–water partition coefficient (Wildman–Crippen LogP) is 3.00. The SMILES string of the molecule is Cc1cccc(CCC(=O)NCCc2cn3ccsc3n2)c1. The van der Waals surface area contributed by atoms with Crippen molar-refractivity contribution in [3.63, 3.8) is 0 Å². The van der Waals surface area contributed by atoms with Gasteiger partial charge in [-0.05, 0) is 18.9 Å². The zero-order chi connectivity index (χ0) is 15.4. The van der Waals surface area contributed by atoms with E-state index < -0.39 is 0 Å². The van der Waals surface area contributed by atoms with Crippen molar-refractivity contribution < 1.29 is 4.79 Å². The molecule has 0 radical (unpaired) electrons. The maximum atomic E-state index is 11.9. The molecular weight excluding hydrogens is 294 g/mol. The van der Waals surface area contributed by atoms with Crippen molar-refractivity contribution in [2.45, 2.75) is 26.2 Å². The van der Waals surface area contributed by atoms with Crippen LogP contribution in [0.5, 0.6) is 0 Å². The van der Waals surface area contributed by atoms with E-state index in [-0.39, 0.29) is 5.91 Å². The minimum atomic E-state index is 0.0996. The van der Waals surface area contributed by atoms with E-state index in [1.807, 2.05) is 28.2 Å². The van der Waals surface area contributed by atoms with Gasteiger partial charge in [0.05, 0.1) is 5.69 Å². The molecule has 3 rings (SSSR count). The molecule has 0 fully saturated rings. The van der Waals surface area contributed by atoms with Gasteiger partial charge in [-0.15, -0.1) is 11.3 Å². The molecule has 114 valence electrons. The van der Waals surface area contributed by atoms with Crippen LogP contribution in [0.25, 0.3) is 4.96 Å². The summed E-state index contributed by atoms with van der Waals surface area (Å²) in [4.78, 5) is 17.4. The smallest absolute Gasteiger partial charge is 0.220 e. The zero-order valence-electron chi connectivity index (χ0n) is 12.6. The molecule has 1 N–H and O–H groups in total. The third-order valence-electron chi connectivity index (χ3n) is 3.57. The zero-order valence-corrected chi connectivity index (χ0v) is 13.4. The van der Waals surface area contributed by atoms with Gasteiger partial charge in [-0.3, -0.25) is 9.20 Å².